The molecule has 2 aromatic rings. The predicted octanol–water partition coefficient (Wildman–Crippen LogP) is 2.72. The zero-order valence-corrected chi connectivity index (χ0v) is 19.1. The van der Waals surface area contributed by atoms with E-state index < -0.39 is 6.04 Å². The molecule has 9 heteroatoms. The van der Waals surface area contributed by atoms with Crippen molar-refractivity contribution >= 4 is 40.8 Å². The molecule has 1 aromatic heterocycles. The van der Waals surface area contributed by atoms with Crippen LogP contribution in [0.1, 0.15) is 29.7 Å². The van der Waals surface area contributed by atoms with Gasteiger partial charge in [0.05, 0.1) is 16.1 Å². The van der Waals surface area contributed by atoms with Crippen LogP contribution in [-0.4, -0.2) is 47.4 Å². The number of nitrogen functional groups attached to an aromatic ring is 1. The summed E-state index contributed by atoms with van der Waals surface area (Å²) in [5, 5.41) is 6.68. The fourth-order valence-corrected chi connectivity index (χ4v) is 4.04. The first-order valence-electron chi connectivity index (χ1n) is 10.2. The summed E-state index contributed by atoms with van der Waals surface area (Å²) in [5.41, 5.74) is 8.11. The molecule has 0 saturated carbocycles. The molecule has 1 aromatic carbocycles. The number of pyridine rings is 1. The van der Waals surface area contributed by atoms with Gasteiger partial charge in [-0.05, 0) is 62.7 Å². The Morgan fingerprint density at radius 3 is 2.68 bits per heavy atom. The molecule has 1 aliphatic heterocycles. The number of likely N-dealkylation sites (N-methyl/N-ethyl adjacent to an activating group) is 1. The van der Waals surface area contributed by atoms with Crippen LogP contribution < -0.4 is 16.4 Å². The Balaban J connectivity index is 1.73. The highest BCUT2D eigenvalue weighted by Crippen LogP contribution is 2.23. The third-order valence-corrected chi connectivity index (χ3v) is 6.29. The van der Waals surface area contributed by atoms with Crippen LogP contribution in [-0.2, 0) is 22.6 Å². The number of amides is 2. The van der Waals surface area contributed by atoms with Gasteiger partial charge < -0.3 is 16.4 Å². The molecule has 0 aliphatic carbocycles. The number of aromatic nitrogens is 1. The van der Waals surface area contributed by atoms with Gasteiger partial charge in [-0.3, -0.25) is 14.5 Å². The number of carbonyl (C=O) groups excluding carboxylic acids is 2. The SMILES string of the molecule is Cc1nc(N)ccc1CNC(=O)[C@@H](Cc1ccc(Cl)c(Cl)c1)NC(=O)[C@H]1CCCN1C. The Kier molecular flexibility index (Phi) is 7.75. The van der Waals surface area contributed by atoms with Crippen LogP contribution in [0.15, 0.2) is 30.3 Å². The van der Waals surface area contributed by atoms with Gasteiger partial charge in [0.2, 0.25) is 11.8 Å². The normalized spacial score (nSPS) is 17.4. The number of hydrogen-bond donors (Lipinski definition) is 3. The Morgan fingerprint density at radius 1 is 1.26 bits per heavy atom. The third kappa shape index (κ3) is 6.09. The Hall–Kier alpha value is -2.35. The maximum Gasteiger partial charge on any atom is 0.243 e. The van der Waals surface area contributed by atoms with Gasteiger partial charge in [-0.15, -0.1) is 0 Å². The molecule has 4 N–H and O–H groups in total. The molecule has 0 spiro atoms. The molecule has 31 heavy (non-hydrogen) atoms. The van der Waals surface area contributed by atoms with E-state index in [1.54, 1.807) is 24.3 Å². The van der Waals surface area contributed by atoms with E-state index >= 15 is 0 Å². The number of nitrogens with two attached hydrogens (primary N) is 1. The van der Waals surface area contributed by atoms with E-state index in [-0.39, 0.29) is 24.4 Å². The lowest BCUT2D eigenvalue weighted by Gasteiger charge is -2.24. The summed E-state index contributed by atoms with van der Waals surface area (Å²) in [7, 11) is 1.92. The molecule has 2 amide bonds. The van der Waals surface area contributed by atoms with Crippen molar-refractivity contribution in [1.82, 2.24) is 20.5 Å². The van der Waals surface area contributed by atoms with Gasteiger partial charge >= 0.3 is 0 Å². The second-order valence-electron chi connectivity index (χ2n) is 7.85. The van der Waals surface area contributed by atoms with E-state index in [0.29, 0.717) is 22.3 Å². The van der Waals surface area contributed by atoms with Crippen molar-refractivity contribution in [1.29, 1.82) is 0 Å². The van der Waals surface area contributed by atoms with Crippen LogP contribution in [0, 0.1) is 6.92 Å². The molecule has 3 rings (SSSR count). The second-order valence-corrected chi connectivity index (χ2v) is 8.67. The Bertz CT molecular complexity index is 969. The number of hydrogen-bond acceptors (Lipinski definition) is 5. The summed E-state index contributed by atoms with van der Waals surface area (Å²) in [6, 6.07) is 7.75. The van der Waals surface area contributed by atoms with Crippen LogP contribution in [0.3, 0.4) is 0 Å². The number of nitrogens with zero attached hydrogens (tertiary/aromatic N) is 2. The minimum absolute atomic E-state index is 0.148. The Morgan fingerprint density at radius 2 is 2.03 bits per heavy atom. The third-order valence-electron chi connectivity index (χ3n) is 5.55. The first-order valence-corrected chi connectivity index (χ1v) is 10.9. The predicted molar refractivity (Wildman–Crippen MR) is 123 cm³/mol. The minimum Gasteiger partial charge on any atom is -0.384 e. The van der Waals surface area contributed by atoms with Crippen molar-refractivity contribution in [3.8, 4) is 0 Å². The summed E-state index contributed by atoms with van der Waals surface area (Å²) < 4.78 is 0. The fourth-order valence-electron chi connectivity index (χ4n) is 3.72. The largest absolute Gasteiger partial charge is 0.384 e. The van der Waals surface area contributed by atoms with Gasteiger partial charge in [0.15, 0.2) is 0 Å². The lowest BCUT2D eigenvalue weighted by molar-refractivity contribution is -0.131. The minimum atomic E-state index is -0.749. The number of aryl methyl sites for hydroxylation is 1. The highest BCUT2D eigenvalue weighted by Gasteiger charge is 2.31. The summed E-state index contributed by atoms with van der Waals surface area (Å²) in [4.78, 5) is 32.1. The quantitative estimate of drug-likeness (QED) is 0.585. The van der Waals surface area contributed by atoms with E-state index in [9.17, 15) is 9.59 Å². The maximum atomic E-state index is 13.0. The number of anilines is 1. The standard InChI is InChI=1S/C22H27Cl2N5O2/c1-13-15(6-8-20(25)27-13)12-26-21(30)18(11-14-5-7-16(23)17(24)10-14)28-22(31)19-4-3-9-29(19)2/h5-8,10,18-19H,3-4,9,11-12H2,1-2H3,(H2,25,27)(H,26,30)(H,28,31)/t18-,19-/m1/s1. The van der Waals surface area contributed by atoms with Crippen molar-refractivity contribution in [2.75, 3.05) is 19.3 Å². The summed E-state index contributed by atoms with van der Waals surface area (Å²) in [5.74, 6) is -0.000133. The molecular weight excluding hydrogens is 437 g/mol. The number of rotatable bonds is 7. The summed E-state index contributed by atoms with van der Waals surface area (Å²) >= 11 is 12.1. The van der Waals surface area contributed by atoms with Crippen molar-refractivity contribution in [2.45, 2.75) is 44.8 Å². The first kappa shape index (κ1) is 23.3. The van der Waals surface area contributed by atoms with Crippen LogP contribution in [0.5, 0.6) is 0 Å². The van der Waals surface area contributed by atoms with Gasteiger partial charge in [-0.1, -0.05) is 35.3 Å². The highest BCUT2D eigenvalue weighted by atomic mass is 35.5. The summed E-state index contributed by atoms with van der Waals surface area (Å²) in [6.45, 7) is 2.99. The molecule has 1 saturated heterocycles. The number of benzene rings is 1. The maximum absolute atomic E-state index is 13.0. The van der Waals surface area contributed by atoms with Gasteiger partial charge in [-0.2, -0.15) is 0 Å². The van der Waals surface area contributed by atoms with Gasteiger partial charge in [0.25, 0.3) is 0 Å². The zero-order chi connectivity index (χ0) is 22.5. The lowest BCUT2D eigenvalue weighted by atomic mass is 10.0. The fraction of sp³-hybridized carbons (Fsp3) is 0.409. The average molecular weight is 464 g/mol. The van der Waals surface area contributed by atoms with Gasteiger partial charge in [-0.25, -0.2) is 4.98 Å². The number of nitrogens with one attached hydrogen (secondary N) is 2. The molecule has 0 bridgehead atoms. The number of halogens is 2. The first-order chi connectivity index (χ1) is 14.7. The van der Waals surface area contributed by atoms with Crippen molar-refractivity contribution in [2.24, 2.45) is 0 Å². The smallest absolute Gasteiger partial charge is 0.243 e. The molecule has 1 fully saturated rings. The average Bonchev–Trinajstić information content (AvgIpc) is 3.15. The van der Waals surface area contributed by atoms with E-state index in [2.05, 4.69) is 15.6 Å². The lowest BCUT2D eigenvalue weighted by Crippen LogP contribution is -2.52. The van der Waals surface area contributed by atoms with Crippen LogP contribution in [0.4, 0.5) is 5.82 Å². The van der Waals surface area contributed by atoms with Crippen LogP contribution in [0.2, 0.25) is 10.0 Å². The molecule has 166 valence electrons. The van der Waals surface area contributed by atoms with Gasteiger partial charge in [0.1, 0.15) is 11.9 Å². The van der Waals surface area contributed by atoms with E-state index in [1.165, 1.54) is 0 Å². The van der Waals surface area contributed by atoms with Crippen LogP contribution >= 0.6 is 23.2 Å². The van der Waals surface area contributed by atoms with Crippen LogP contribution in [0.25, 0.3) is 0 Å². The number of carbonyl (C=O) groups is 2. The molecule has 0 radical (unpaired) electrons. The van der Waals surface area contributed by atoms with Crippen molar-refractivity contribution in [3.63, 3.8) is 0 Å². The number of likely N-dealkylation sites (tertiary alicyclic amines) is 1. The highest BCUT2D eigenvalue weighted by molar-refractivity contribution is 6.42. The van der Waals surface area contributed by atoms with E-state index in [0.717, 1.165) is 36.2 Å². The molecule has 0 unspecified atom stereocenters. The molecule has 2 atom stereocenters. The zero-order valence-electron chi connectivity index (χ0n) is 17.6. The topological polar surface area (TPSA) is 100 Å². The monoisotopic (exact) mass is 463 g/mol. The second kappa shape index (κ2) is 10.3. The molecule has 7 nitrogen and oxygen atoms in total. The van der Waals surface area contributed by atoms with E-state index in [4.69, 9.17) is 28.9 Å². The van der Waals surface area contributed by atoms with Crippen molar-refractivity contribution in [3.05, 3.63) is 57.2 Å². The van der Waals surface area contributed by atoms with Crippen molar-refractivity contribution < 1.29 is 9.59 Å². The molecular formula is C22H27Cl2N5O2. The van der Waals surface area contributed by atoms with Gasteiger partial charge in [0, 0.05) is 18.7 Å². The molecule has 1 aliphatic rings. The Labute approximate surface area is 192 Å². The molecule has 2 heterocycles. The summed E-state index contributed by atoms with van der Waals surface area (Å²) in [6.07, 6.45) is 2.03. The van der Waals surface area contributed by atoms with E-state index in [1.807, 2.05) is 24.9 Å².